The summed E-state index contributed by atoms with van der Waals surface area (Å²) >= 11 is 0. The summed E-state index contributed by atoms with van der Waals surface area (Å²) in [6, 6.07) is 9.32. The van der Waals surface area contributed by atoms with Crippen molar-refractivity contribution in [1.82, 2.24) is 0 Å². The Kier molecular flexibility index (Phi) is 3.27. The summed E-state index contributed by atoms with van der Waals surface area (Å²) in [6.07, 6.45) is 3.86. The molecule has 1 aromatic rings. The van der Waals surface area contributed by atoms with Gasteiger partial charge in [0, 0.05) is 24.8 Å². The highest BCUT2D eigenvalue weighted by Gasteiger charge is 2.20. The van der Waals surface area contributed by atoms with Crippen molar-refractivity contribution < 1.29 is 0 Å². The van der Waals surface area contributed by atoms with E-state index in [1.54, 1.807) is 0 Å². The van der Waals surface area contributed by atoms with Crippen LogP contribution in [0.15, 0.2) is 24.3 Å². The smallest absolute Gasteiger partial charge is 0.0412 e. The minimum absolute atomic E-state index is 0.543. The van der Waals surface area contributed by atoms with Gasteiger partial charge in [-0.2, -0.15) is 0 Å². The summed E-state index contributed by atoms with van der Waals surface area (Å²) < 4.78 is 0. The van der Waals surface area contributed by atoms with Crippen LogP contribution in [0.4, 0.5) is 5.69 Å². The lowest BCUT2D eigenvalue weighted by molar-refractivity contribution is 0.465. The predicted molar refractivity (Wildman–Crippen MR) is 65.2 cm³/mol. The summed E-state index contributed by atoms with van der Waals surface area (Å²) in [7, 11) is 0. The van der Waals surface area contributed by atoms with Gasteiger partial charge in [-0.25, -0.2) is 0 Å². The molecular formula is C13H20N2. The van der Waals surface area contributed by atoms with E-state index in [1.165, 1.54) is 30.5 Å². The molecule has 2 rings (SSSR count). The Balaban J connectivity index is 2.16. The van der Waals surface area contributed by atoms with Crippen LogP contribution in [-0.2, 0) is 0 Å². The molecule has 1 heterocycles. The van der Waals surface area contributed by atoms with Crippen LogP contribution in [0.3, 0.4) is 0 Å². The van der Waals surface area contributed by atoms with Crippen molar-refractivity contribution in [3.8, 4) is 0 Å². The van der Waals surface area contributed by atoms with Gasteiger partial charge >= 0.3 is 0 Å². The molecule has 0 bridgehead atoms. The Morgan fingerprint density at radius 1 is 1.27 bits per heavy atom. The summed E-state index contributed by atoms with van der Waals surface area (Å²) in [4.78, 5) is 2.46. The van der Waals surface area contributed by atoms with Gasteiger partial charge in [0.1, 0.15) is 0 Å². The van der Waals surface area contributed by atoms with E-state index in [0.29, 0.717) is 6.04 Å². The van der Waals surface area contributed by atoms with Gasteiger partial charge in [-0.15, -0.1) is 0 Å². The lowest BCUT2D eigenvalue weighted by Crippen LogP contribution is -2.44. The van der Waals surface area contributed by atoms with E-state index in [2.05, 4.69) is 36.1 Å². The molecule has 2 N–H and O–H groups in total. The van der Waals surface area contributed by atoms with Gasteiger partial charge in [-0.3, -0.25) is 0 Å². The van der Waals surface area contributed by atoms with Gasteiger partial charge < -0.3 is 10.6 Å². The normalized spacial score (nSPS) is 21.7. The molecule has 1 fully saturated rings. The molecule has 0 saturated carbocycles. The highest BCUT2D eigenvalue weighted by Crippen LogP contribution is 2.24. The van der Waals surface area contributed by atoms with Crippen molar-refractivity contribution in [1.29, 1.82) is 0 Å². The Bertz CT molecular complexity index is 305. The van der Waals surface area contributed by atoms with Crippen molar-refractivity contribution in [2.24, 2.45) is 5.73 Å². The van der Waals surface area contributed by atoms with Gasteiger partial charge in [0.15, 0.2) is 0 Å². The van der Waals surface area contributed by atoms with E-state index in [-0.39, 0.29) is 0 Å². The molecule has 1 aliphatic rings. The number of rotatable bonds is 2. The molecular weight excluding hydrogens is 184 g/mol. The lowest BCUT2D eigenvalue weighted by atomic mass is 10.0. The minimum atomic E-state index is 0.543. The fourth-order valence-electron chi connectivity index (χ4n) is 2.32. The first-order valence-corrected chi connectivity index (χ1v) is 5.84. The molecule has 0 unspecified atom stereocenters. The minimum Gasteiger partial charge on any atom is -0.367 e. The van der Waals surface area contributed by atoms with Gasteiger partial charge in [0.05, 0.1) is 0 Å². The number of nitrogens with zero attached hydrogens (tertiary/aromatic N) is 1. The fraction of sp³-hybridized carbons (Fsp3) is 0.538. The van der Waals surface area contributed by atoms with E-state index < -0.39 is 0 Å². The second kappa shape index (κ2) is 4.67. The molecule has 1 atom stereocenters. The lowest BCUT2D eigenvalue weighted by Gasteiger charge is -2.37. The summed E-state index contributed by atoms with van der Waals surface area (Å²) in [5, 5.41) is 0. The Morgan fingerprint density at radius 2 is 2.00 bits per heavy atom. The average molecular weight is 204 g/mol. The van der Waals surface area contributed by atoms with Gasteiger partial charge in [-0.1, -0.05) is 17.7 Å². The first-order valence-electron chi connectivity index (χ1n) is 5.84. The zero-order chi connectivity index (χ0) is 10.7. The number of piperidine rings is 1. The number of hydrogen-bond acceptors (Lipinski definition) is 2. The Labute approximate surface area is 92.1 Å². The molecule has 1 aromatic carbocycles. The molecule has 2 heteroatoms. The van der Waals surface area contributed by atoms with E-state index in [1.807, 2.05) is 0 Å². The molecule has 2 nitrogen and oxygen atoms in total. The summed E-state index contributed by atoms with van der Waals surface area (Å²) in [6.45, 7) is 4.05. The highest BCUT2D eigenvalue weighted by molar-refractivity contribution is 5.48. The van der Waals surface area contributed by atoms with Gasteiger partial charge in [0.2, 0.25) is 0 Å². The van der Waals surface area contributed by atoms with E-state index in [4.69, 9.17) is 5.73 Å². The third-order valence-electron chi connectivity index (χ3n) is 3.26. The van der Waals surface area contributed by atoms with Crippen LogP contribution in [0.5, 0.6) is 0 Å². The second-order valence-electron chi connectivity index (χ2n) is 4.41. The number of anilines is 1. The zero-order valence-corrected chi connectivity index (χ0v) is 9.45. The Hall–Kier alpha value is -1.02. The highest BCUT2D eigenvalue weighted by atomic mass is 15.2. The quantitative estimate of drug-likeness (QED) is 0.801. The molecule has 82 valence electrons. The van der Waals surface area contributed by atoms with Crippen LogP contribution in [0.25, 0.3) is 0 Å². The van der Waals surface area contributed by atoms with Crippen molar-refractivity contribution in [3.63, 3.8) is 0 Å². The van der Waals surface area contributed by atoms with Gasteiger partial charge in [-0.05, 0) is 38.3 Å². The topological polar surface area (TPSA) is 29.3 Å². The number of hydrogen-bond donors (Lipinski definition) is 1. The number of nitrogens with two attached hydrogens (primary N) is 1. The van der Waals surface area contributed by atoms with E-state index in [0.717, 1.165) is 13.1 Å². The zero-order valence-electron chi connectivity index (χ0n) is 9.45. The van der Waals surface area contributed by atoms with Crippen LogP contribution >= 0.6 is 0 Å². The van der Waals surface area contributed by atoms with Crippen LogP contribution in [0, 0.1) is 6.92 Å². The van der Waals surface area contributed by atoms with Gasteiger partial charge in [0.25, 0.3) is 0 Å². The van der Waals surface area contributed by atoms with Crippen molar-refractivity contribution in [2.75, 3.05) is 18.0 Å². The van der Waals surface area contributed by atoms with Crippen LogP contribution < -0.4 is 10.6 Å². The molecule has 0 amide bonds. The van der Waals surface area contributed by atoms with Crippen LogP contribution in [0.1, 0.15) is 24.8 Å². The Morgan fingerprint density at radius 3 is 2.67 bits per heavy atom. The monoisotopic (exact) mass is 204 g/mol. The molecule has 15 heavy (non-hydrogen) atoms. The maximum Gasteiger partial charge on any atom is 0.0412 e. The largest absolute Gasteiger partial charge is 0.367 e. The average Bonchev–Trinajstić information content (AvgIpc) is 2.30. The number of benzene rings is 1. The molecule has 0 aromatic heterocycles. The van der Waals surface area contributed by atoms with E-state index in [9.17, 15) is 0 Å². The summed E-state index contributed by atoms with van der Waals surface area (Å²) in [5.74, 6) is 0. The maximum absolute atomic E-state index is 5.82. The SMILES string of the molecule is Cc1ccc(N2CCCC[C@H]2CN)cc1. The predicted octanol–water partition coefficient (Wildman–Crippen LogP) is 2.31. The van der Waals surface area contributed by atoms with E-state index >= 15 is 0 Å². The maximum atomic E-state index is 5.82. The molecule has 1 saturated heterocycles. The molecule has 1 aliphatic heterocycles. The molecule has 0 radical (unpaired) electrons. The third kappa shape index (κ3) is 2.32. The van der Waals surface area contributed by atoms with Crippen molar-refractivity contribution in [2.45, 2.75) is 32.2 Å². The second-order valence-corrected chi connectivity index (χ2v) is 4.41. The third-order valence-corrected chi connectivity index (χ3v) is 3.26. The molecule has 0 spiro atoms. The van der Waals surface area contributed by atoms with Crippen molar-refractivity contribution >= 4 is 5.69 Å². The fourth-order valence-corrected chi connectivity index (χ4v) is 2.32. The summed E-state index contributed by atoms with van der Waals surface area (Å²) in [5.41, 5.74) is 8.47. The van der Waals surface area contributed by atoms with Crippen LogP contribution in [-0.4, -0.2) is 19.1 Å². The standard InChI is InChI=1S/C13H20N2/c1-11-5-7-12(8-6-11)15-9-3-2-4-13(15)10-14/h5-8,13H,2-4,9-10,14H2,1H3/t13-/m0/s1. The van der Waals surface area contributed by atoms with Crippen LogP contribution in [0.2, 0.25) is 0 Å². The number of aryl methyl sites for hydroxylation is 1. The first-order chi connectivity index (χ1) is 7.31. The first kappa shape index (κ1) is 10.5. The van der Waals surface area contributed by atoms with Crippen molar-refractivity contribution in [3.05, 3.63) is 29.8 Å². The molecule has 0 aliphatic carbocycles.